The summed E-state index contributed by atoms with van der Waals surface area (Å²) in [5.41, 5.74) is 4.91. The Morgan fingerprint density at radius 3 is 2.47 bits per heavy atom. The molecular weight excluding hydrogens is 488 g/mol. The molecule has 7 heteroatoms. The first kappa shape index (κ1) is 24.3. The summed E-state index contributed by atoms with van der Waals surface area (Å²) in [4.78, 5) is 2.11. The molecule has 0 saturated heterocycles. The molecule has 0 bridgehead atoms. The maximum absolute atomic E-state index is 13.5. The Balaban J connectivity index is 1.57. The quantitative estimate of drug-likeness (QED) is 0.257. The van der Waals surface area contributed by atoms with Crippen molar-refractivity contribution in [2.45, 2.75) is 26.6 Å². The molecule has 0 aliphatic carbocycles. The predicted octanol–water partition coefficient (Wildman–Crippen LogP) is 7.69. The third kappa shape index (κ3) is 6.17. The molecule has 0 aliphatic heterocycles. The molecule has 0 radical (unpaired) electrons. The summed E-state index contributed by atoms with van der Waals surface area (Å²) in [6.45, 7) is 3.71. The Morgan fingerprint density at radius 2 is 1.74 bits per heavy atom. The third-order valence-electron chi connectivity index (χ3n) is 5.56. The fourth-order valence-electron chi connectivity index (χ4n) is 3.65. The SMILES string of the molecule is Cc1ccc(NC(=S)N(Cc2ccccc2)Cc2cccn2Cc2ccc(F)cc2Cl)cc1Cl. The van der Waals surface area contributed by atoms with Crippen molar-refractivity contribution in [2.75, 3.05) is 5.32 Å². The summed E-state index contributed by atoms with van der Waals surface area (Å²) < 4.78 is 15.6. The molecule has 4 rings (SSSR count). The summed E-state index contributed by atoms with van der Waals surface area (Å²) in [5.74, 6) is -0.344. The van der Waals surface area contributed by atoms with E-state index in [1.807, 2.05) is 55.6 Å². The van der Waals surface area contributed by atoms with Crippen LogP contribution in [-0.4, -0.2) is 14.6 Å². The fourth-order valence-corrected chi connectivity index (χ4v) is 4.31. The Bertz CT molecular complexity index is 1290. The minimum atomic E-state index is -0.344. The van der Waals surface area contributed by atoms with E-state index in [0.29, 0.717) is 34.8 Å². The van der Waals surface area contributed by atoms with Crippen molar-refractivity contribution < 1.29 is 4.39 Å². The van der Waals surface area contributed by atoms with E-state index in [1.54, 1.807) is 6.07 Å². The predicted molar refractivity (Wildman–Crippen MR) is 143 cm³/mol. The van der Waals surface area contributed by atoms with Gasteiger partial charge in [0.2, 0.25) is 0 Å². The van der Waals surface area contributed by atoms with Crippen molar-refractivity contribution in [1.82, 2.24) is 9.47 Å². The molecule has 4 aromatic rings. The summed E-state index contributed by atoms with van der Waals surface area (Å²) in [6, 6.07) is 24.5. The lowest BCUT2D eigenvalue weighted by molar-refractivity contribution is 0.399. The van der Waals surface area contributed by atoms with Gasteiger partial charge in [-0.25, -0.2) is 4.39 Å². The monoisotopic (exact) mass is 511 g/mol. The molecule has 174 valence electrons. The molecular formula is C27H24Cl2FN3S. The highest BCUT2D eigenvalue weighted by molar-refractivity contribution is 7.80. The van der Waals surface area contributed by atoms with E-state index in [2.05, 4.69) is 33.0 Å². The van der Waals surface area contributed by atoms with Gasteiger partial charge in [0.1, 0.15) is 5.82 Å². The highest BCUT2D eigenvalue weighted by Gasteiger charge is 2.15. The van der Waals surface area contributed by atoms with Gasteiger partial charge in [-0.15, -0.1) is 0 Å². The topological polar surface area (TPSA) is 20.2 Å². The van der Waals surface area contributed by atoms with Gasteiger partial charge >= 0.3 is 0 Å². The number of hydrogen-bond donors (Lipinski definition) is 1. The van der Waals surface area contributed by atoms with Crippen LogP contribution in [-0.2, 0) is 19.6 Å². The van der Waals surface area contributed by atoms with Crippen LogP contribution in [0.4, 0.5) is 10.1 Å². The molecule has 0 aliphatic rings. The molecule has 0 saturated carbocycles. The van der Waals surface area contributed by atoms with Crippen LogP contribution >= 0.6 is 35.4 Å². The van der Waals surface area contributed by atoms with Crippen LogP contribution in [0.1, 0.15) is 22.4 Å². The second-order valence-corrected chi connectivity index (χ2v) is 9.30. The number of hydrogen-bond acceptors (Lipinski definition) is 1. The van der Waals surface area contributed by atoms with Gasteiger partial charge in [0.25, 0.3) is 0 Å². The fraction of sp³-hybridized carbons (Fsp3) is 0.148. The van der Waals surface area contributed by atoms with Crippen LogP contribution < -0.4 is 5.32 Å². The van der Waals surface area contributed by atoms with Gasteiger partial charge in [-0.2, -0.15) is 0 Å². The molecule has 0 spiro atoms. The molecule has 0 atom stereocenters. The normalized spacial score (nSPS) is 10.8. The van der Waals surface area contributed by atoms with Gasteiger partial charge in [0.15, 0.2) is 5.11 Å². The van der Waals surface area contributed by atoms with E-state index in [4.69, 9.17) is 35.4 Å². The van der Waals surface area contributed by atoms with Crippen LogP contribution in [0.5, 0.6) is 0 Å². The van der Waals surface area contributed by atoms with Gasteiger partial charge in [-0.1, -0.05) is 65.7 Å². The Kier molecular flexibility index (Phi) is 7.88. The average Bonchev–Trinajstić information content (AvgIpc) is 3.25. The summed E-state index contributed by atoms with van der Waals surface area (Å²) in [6.07, 6.45) is 1.99. The standard InChI is InChI=1S/C27H24Cl2FN3S/c1-19-9-12-23(15-25(19)28)31-27(34)33(16-20-6-3-2-4-7-20)18-24-8-5-13-32(24)17-21-10-11-22(30)14-26(21)29/h2-15H,16-18H2,1H3,(H,31,34). The van der Waals surface area contributed by atoms with Crippen LogP contribution in [0.15, 0.2) is 85.1 Å². The minimum Gasteiger partial charge on any atom is -0.345 e. The van der Waals surface area contributed by atoms with E-state index in [0.717, 1.165) is 28.1 Å². The van der Waals surface area contributed by atoms with E-state index >= 15 is 0 Å². The zero-order valence-electron chi connectivity index (χ0n) is 18.6. The molecule has 3 aromatic carbocycles. The van der Waals surface area contributed by atoms with Crippen molar-refractivity contribution >= 4 is 46.2 Å². The lowest BCUT2D eigenvalue weighted by atomic mass is 10.2. The van der Waals surface area contributed by atoms with Crippen molar-refractivity contribution in [2.24, 2.45) is 0 Å². The number of nitrogens with zero attached hydrogens (tertiary/aromatic N) is 2. The van der Waals surface area contributed by atoms with E-state index in [-0.39, 0.29) is 5.82 Å². The molecule has 34 heavy (non-hydrogen) atoms. The maximum atomic E-state index is 13.5. The van der Waals surface area contributed by atoms with Gasteiger partial charge in [0, 0.05) is 40.7 Å². The lowest BCUT2D eigenvalue weighted by Crippen LogP contribution is -2.34. The number of nitrogens with one attached hydrogen (secondary N) is 1. The summed E-state index contributed by atoms with van der Waals surface area (Å²) in [5, 5.41) is 5.02. The smallest absolute Gasteiger partial charge is 0.174 e. The van der Waals surface area contributed by atoms with Crippen molar-refractivity contribution in [3.63, 3.8) is 0 Å². The first-order valence-electron chi connectivity index (χ1n) is 10.8. The second kappa shape index (κ2) is 11.0. The zero-order chi connectivity index (χ0) is 24.1. The van der Waals surface area contributed by atoms with Gasteiger partial charge in [-0.3, -0.25) is 0 Å². The number of aromatic nitrogens is 1. The second-order valence-electron chi connectivity index (χ2n) is 8.10. The van der Waals surface area contributed by atoms with Gasteiger partial charge in [-0.05, 0) is 72.2 Å². The molecule has 1 N–H and O–H groups in total. The van der Waals surface area contributed by atoms with Crippen LogP contribution in [0.25, 0.3) is 0 Å². The largest absolute Gasteiger partial charge is 0.345 e. The molecule has 1 aromatic heterocycles. The number of anilines is 1. The van der Waals surface area contributed by atoms with Crippen LogP contribution in [0.2, 0.25) is 10.0 Å². The van der Waals surface area contributed by atoms with Gasteiger partial charge < -0.3 is 14.8 Å². The molecule has 3 nitrogen and oxygen atoms in total. The highest BCUT2D eigenvalue weighted by Crippen LogP contribution is 2.22. The lowest BCUT2D eigenvalue weighted by Gasteiger charge is -2.27. The Labute approximate surface area is 214 Å². The van der Waals surface area contributed by atoms with E-state index in [1.165, 1.54) is 12.1 Å². The van der Waals surface area contributed by atoms with Gasteiger partial charge in [0.05, 0.1) is 6.54 Å². The van der Waals surface area contributed by atoms with Crippen molar-refractivity contribution in [1.29, 1.82) is 0 Å². The summed E-state index contributed by atoms with van der Waals surface area (Å²) >= 11 is 18.4. The minimum absolute atomic E-state index is 0.344. The number of thiocarbonyl (C=S) groups is 1. The summed E-state index contributed by atoms with van der Waals surface area (Å²) in [7, 11) is 0. The number of rotatable bonds is 7. The Morgan fingerprint density at radius 1 is 0.941 bits per heavy atom. The number of benzene rings is 3. The average molecular weight is 512 g/mol. The molecule has 0 unspecified atom stereocenters. The maximum Gasteiger partial charge on any atom is 0.174 e. The Hall–Kier alpha value is -2.86. The molecule has 0 fully saturated rings. The zero-order valence-corrected chi connectivity index (χ0v) is 21.0. The van der Waals surface area contributed by atoms with Crippen molar-refractivity contribution in [3.8, 4) is 0 Å². The highest BCUT2D eigenvalue weighted by atomic mass is 35.5. The first-order chi connectivity index (χ1) is 16.4. The molecule has 1 heterocycles. The number of halogens is 3. The van der Waals surface area contributed by atoms with E-state index < -0.39 is 0 Å². The van der Waals surface area contributed by atoms with Crippen LogP contribution in [0.3, 0.4) is 0 Å². The third-order valence-corrected chi connectivity index (χ3v) is 6.68. The van der Waals surface area contributed by atoms with Crippen molar-refractivity contribution in [3.05, 3.63) is 123 Å². The van der Waals surface area contributed by atoms with Crippen LogP contribution in [0, 0.1) is 12.7 Å². The van der Waals surface area contributed by atoms with E-state index in [9.17, 15) is 4.39 Å². The molecule has 0 amide bonds. The number of aryl methyl sites for hydroxylation is 1. The first-order valence-corrected chi connectivity index (χ1v) is 12.0.